The number of hydrogen-bond donors (Lipinski definition) is 1. The molecule has 1 atom stereocenters. The van der Waals surface area contributed by atoms with Gasteiger partial charge in [-0.05, 0) is 35.9 Å². The number of nitrogens with two attached hydrogens (primary N) is 1. The van der Waals surface area contributed by atoms with Gasteiger partial charge in [-0.25, -0.2) is 0 Å². The zero-order valence-corrected chi connectivity index (χ0v) is 12.4. The van der Waals surface area contributed by atoms with E-state index in [9.17, 15) is 0 Å². The molecule has 0 amide bonds. The van der Waals surface area contributed by atoms with Crippen molar-refractivity contribution in [3.63, 3.8) is 0 Å². The standard InChI is InChI=1S/C16H22N2S/c1-2-12-7-8-18(10-12)11-14-13-5-3-4-6-15(13)19-16(14)9-17/h3-6,12H,2,7-11,17H2,1H3. The first-order valence-electron chi connectivity index (χ1n) is 7.23. The number of rotatable bonds is 4. The number of thiophene rings is 1. The molecular formula is C16H22N2S. The van der Waals surface area contributed by atoms with E-state index < -0.39 is 0 Å². The summed E-state index contributed by atoms with van der Waals surface area (Å²) in [6.45, 7) is 6.55. The van der Waals surface area contributed by atoms with Crippen molar-refractivity contribution in [3.05, 3.63) is 34.7 Å². The predicted molar refractivity (Wildman–Crippen MR) is 83.4 cm³/mol. The number of nitrogens with zero attached hydrogens (tertiary/aromatic N) is 1. The van der Waals surface area contributed by atoms with Crippen LogP contribution in [-0.4, -0.2) is 18.0 Å². The Morgan fingerprint density at radius 1 is 1.37 bits per heavy atom. The fourth-order valence-electron chi connectivity index (χ4n) is 3.10. The van der Waals surface area contributed by atoms with Crippen molar-refractivity contribution in [1.82, 2.24) is 4.90 Å². The van der Waals surface area contributed by atoms with Gasteiger partial charge in [-0.2, -0.15) is 0 Å². The minimum Gasteiger partial charge on any atom is -0.326 e. The topological polar surface area (TPSA) is 29.3 Å². The van der Waals surface area contributed by atoms with E-state index in [2.05, 4.69) is 36.1 Å². The minimum atomic E-state index is 0.666. The fraction of sp³-hybridized carbons (Fsp3) is 0.500. The molecule has 0 radical (unpaired) electrons. The monoisotopic (exact) mass is 274 g/mol. The normalized spacial score (nSPS) is 20.4. The average molecular weight is 274 g/mol. The van der Waals surface area contributed by atoms with Crippen molar-refractivity contribution < 1.29 is 0 Å². The van der Waals surface area contributed by atoms with Crippen LogP contribution in [0.5, 0.6) is 0 Å². The van der Waals surface area contributed by atoms with Crippen molar-refractivity contribution in [2.24, 2.45) is 11.7 Å². The molecule has 2 N–H and O–H groups in total. The second-order valence-electron chi connectivity index (χ2n) is 5.50. The van der Waals surface area contributed by atoms with Crippen molar-refractivity contribution in [2.75, 3.05) is 13.1 Å². The molecule has 1 fully saturated rings. The molecule has 0 spiro atoms. The molecule has 0 aliphatic carbocycles. The SMILES string of the molecule is CCC1CCN(Cc2c(CN)sc3ccccc23)C1. The molecule has 1 aromatic heterocycles. The van der Waals surface area contributed by atoms with Gasteiger partial charge in [0.05, 0.1) is 0 Å². The van der Waals surface area contributed by atoms with Crippen LogP contribution >= 0.6 is 11.3 Å². The quantitative estimate of drug-likeness (QED) is 0.923. The van der Waals surface area contributed by atoms with Gasteiger partial charge < -0.3 is 5.73 Å². The third-order valence-electron chi connectivity index (χ3n) is 4.30. The van der Waals surface area contributed by atoms with Crippen LogP contribution in [0.15, 0.2) is 24.3 Å². The molecule has 1 aliphatic heterocycles. The molecular weight excluding hydrogens is 252 g/mol. The molecule has 2 aromatic rings. The molecule has 19 heavy (non-hydrogen) atoms. The Morgan fingerprint density at radius 3 is 2.95 bits per heavy atom. The summed E-state index contributed by atoms with van der Waals surface area (Å²) in [7, 11) is 0. The van der Waals surface area contributed by atoms with Gasteiger partial charge in [-0.3, -0.25) is 4.90 Å². The van der Waals surface area contributed by atoms with Crippen LogP contribution in [0, 0.1) is 5.92 Å². The zero-order valence-electron chi connectivity index (χ0n) is 11.6. The summed E-state index contributed by atoms with van der Waals surface area (Å²) in [4.78, 5) is 3.96. The number of benzene rings is 1. The Bertz CT molecular complexity index is 561. The lowest BCUT2D eigenvalue weighted by molar-refractivity contribution is 0.316. The fourth-order valence-corrected chi connectivity index (χ4v) is 4.20. The third-order valence-corrected chi connectivity index (χ3v) is 5.53. The van der Waals surface area contributed by atoms with Crippen molar-refractivity contribution in [3.8, 4) is 0 Å². The maximum absolute atomic E-state index is 5.93. The van der Waals surface area contributed by atoms with Gasteiger partial charge in [0.1, 0.15) is 0 Å². The molecule has 3 heteroatoms. The van der Waals surface area contributed by atoms with Gasteiger partial charge in [-0.15, -0.1) is 11.3 Å². The second-order valence-corrected chi connectivity index (χ2v) is 6.64. The highest BCUT2D eigenvalue weighted by molar-refractivity contribution is 7.19. The Morgan fingerprint density at radius 2 is 2.21 bits per heavy atom. The van der Waals surface area contributed by atoms with Crippen LogP contribution in [-0.2, 0) is 13.1 Å². The van der Waals surface area contributed by atoms with Crippen LogP contribution in [0.1, 0.15) is 30.2 Å². The molecule has 2 heterocycles. The van der Waals surface area contributed by atoms with Crippen LogP contribution in [0.25, 0.3) is 10.1 Å². The van der Waals surface area contributed by atoms with Crippen molar-refractivity contribution >= 4 is 21.4 Å². The highest BCUT2D eigenvalue weighted by Gasteiger charge is 2.22. The first-order valence-corrected chi connectivity index (χ1v) is 8.05. The van der Waals surface area contributed by atoms with E-state index in [1.54, 1.807) is 0 Å². The van der Waals surface area contributed by atoms with E-state index in [4.69, 9.17) is 5.73 Å². The summed E-state index contributed by atoms with van der Waals surface area (Å²) in [5, 5.41) is 1.41. The van der Waals surface area contributed by atoms with Crippen LogP contribution in [0.4, 0.5) is 0 Å². The van der Waals surface area contributed by atoms with Gasteiger partial charge >= 0.3 is 0 Å². The molecule has 0 saturated carbocycles. The highest BCUT2D eigenvalue weighted by Crippen LogP contribution is 2.33. The summed E-state index contributed by atoms with van der Waals surface area (Å²) in [6, 6.07) is 8.71. The van der Waals surface area contributed by atoms with Crippen molar-refractivity contribution in [2.45, 2.75) is 32.9 Å². The van der Waals surface area contributed by atoms with Crippen LogP contribution in [0.2, 0.25) is 0 Å². The Kier molecular flexibility index (Phi) is 3.87. The number of likely N-dealkylation sites (tertiary alicyclic amines) is 1. The van der Waals surface area contributed by atoms with Gasteiger partial charge in [0.2, 0.25) is 0 Å². The first-order chi connectivity index (χ1) is 9.31. The number of hydrogen-bond acceptors (Lipinski definition) is 3. The van der Waals surface area contributed by atoms with E-state index in [0.29, 0.717) is 6.54 Å². The smallest absolute Gasteiger partial charge is 0.0349 e. The van der Waals surface area contributed by atoms with Gasteiger partial charge in [-0.1, -0.05) is 31.5 Å². The predicted octanol–water partition coefficient (Wildman–Crippen LogP) is 3.59. The summed E-state index contributed by atoms with van der Waals surface area (Å²) in [5.74, 6) is 0.895. The summed E-state index contributed by atoms with van der Waals surface area (Å²) < 4.78 is 1.38. The third kappa shape index (κ3) is 2.55. The maximum atomic E-state index is 5.93. The molecule has 0 bridgehead atoms. The molecule has 1 unspecified atom stereocenters. The van der Waals surface area contributed by atoms with Crippen LogP contribution in [0.3, 0.4) is 0 Å². The Labute approximate surface area is 119 Å². The molecule has 1 saturated heterocycles. The van der Waals surface area contributed by atoms with E-state index in [1.165, 1.54) is 46.5 Å². The highest BCUT2D eigenvalue weighted by atomic mass is 32.1. The number of fused-ring (bicyclic) bond motifs is 1. The average Bonchev–Trinajstić information content (AvgIpc) is 3.04. The first kappa shape index (κ1) is 13.1. The summed E-state index contributed by atoms with van der Waals surface area (Å²) >= 11 is 1.86. The molecule has 1 aromatic carbocycles. The van der Waals surface area contributed by atoms with E-state index in [-0.39, 0.29) is 0 Å². The largest absolute Gasteiger partial charge is 0.326 e. The summed E-state index contributed by atoms with van der Waals surface area (Å²) in [5.41, 5.74) is 7.41. The van der Waals surface area contributed by atoms with E-state index >= 15 is 0 Å². The lowest BCUT2D eigenvalue weighted by atomic mass is 10.1. The van der Waals surface area contributed by atoms with Gasteiger partial charge in [0.25, 0.3) is 0 Å². The maximum Gasteiger partial charge on any atom is 0.0349 e. The van der Waals surface area contributed by atoms with Crippen LogP contribution < -0.4 is 5.73 Å². The second kappa shape index (κ2) is 5.61. The molecule has 102 valence electrons. The lowest BCUT2D eigenvalue weighted by Gasteiger charge is -2.16. The van der Waals surface area contributed by atoms with E-state index in [0.717, 1.165) is 12.5 Å². The zero-order chi connectivity index (χ0) is 13.2. The molecule has 1 aliphatic rings. The van der Waals surface area contributed by atoms with Gasteiger partial charge in [0, 0.05) is 29.2 Å². The van der Waals surface area contributed by atoms with Crippen molar-refractivity contribution in [1.29, 1.82) is 0 Å². The Hall–Kier alpha value is -0.900. The lowest BCUT2D eigenvalue weighted by Crippen LogP contribution is -2.20. The van der Waals surface area contributed by atoms with E-state index in [1.807, 2.05) is 11.3 Å². The minimum absolute atomic E-state index is 0.666. The van der Waals surface area contributed by atoms with Gasteiger partial charge in [0.15, 0.2) is 0 Å². The molecule has 2 nitrogen and oxygen atoms in total. The molecule has 3 rings (SSSR count). The Balaban J connectivity index is 1.87. The summed E-state index contributed by atoms with van der Waals surface area (Å²) in [6.07, 6.45) is 2.67.